The lowest BCUT2D eigenvalue weighted by atomic mass is 10.1. The van der Waals surface area contributed by atoms with E-state index < -0.39 is 0 Å². The van der Waals surface area contributed by atoms with Crippen molar-refractivity contribution in [3.8, 4) is 11.5 Å². The molecule has 6 heteroatoms. The molecular formula is C15H19N3O3. The highest BCUT2D eigenvalue weighted by Gasteiger charge is 2.14. The van der Waals surface area contributed by atoms with Gasteiger partial charge in [-0.25, -0.2) is 0 Å². The second-order valence-electron chi connectivity index (χ2n) is 5.72. The molecule has 0 bridgehead atoms. The summed E-state index contributed by atoms with van der Waals surface area (Å²) in [7, 11) is 0. The van der Waals surface area contributed by atoms with E-state index in [9.17, 15) is 4.79 Å². The number of carbonyl (C=O) groups is 1. The SMILES string of the molecule is Cc1ccc(-c2nnco2)cc1NC(=O)COC(C)(C)C. The molecule has 1 N–H and O–H groups in total. The lowest BCUT2D eigenvalue weighted by Crippen LogP contribution is -2.27. The molecule has 2 aromatic rings. The van der Waals surface area contributed by atoms with Gasteiger partial charge in [-0.15, -0.1) is 10.2 Å². The molecule has 0 unspecified atom stereocenters. The molecule has 0 aliphatic rings. The Morgan fingerprint density at radius 2 is 2.14 bits per heavy atom. The Balaban J connectivity index is 2.09. The van der Waals surface area contributed by atoms with Gasteiger partial charge in [-0.1, -0.05) is 6.07 Å². The van der Waals surface area contributed by atoms with Gasteiger partial charge >= 0.3 is 0 Å². The maximum Gasteiger partial charge on any atom is 0.250 e. The van der Waals surface area contributed by atoms with E-state index >= 15 is 0 Å². The summed E-state index contributed by atoms with van der Waals surface area (Å²) in [5, 5.41) is 10.3. The third kappa shape index (κ3) is 4.39. The van der Waals surface area contributed by atoms with Crippen molar-refractivity contribution in [3.05, 3.63) is 30.2 Å². The quantitative estimate of drug-likeness (QED) is 0.936. The van der Waals surface area contributed by atoms with E-state index in [2.05, 4.69) is 15.5 Å². The fraction of sp³-hybridized carbons (Fsp3) is 0.400. The van der Waals surface area contributed by atoms with Crippen molar-refractivity contribution < 1.29 is 13.9 Å². The molecule has 21 heavy (non-hydrogen) atoms. The third-order valence-corrected chi connectivity index (χ3v) is 2.75. The summed E-state index contributed by atoms with van der Waals surface area (Å²) < 4.78 is 10.6. The number of nitrogens with one attached hydrogen (secondary N) is 1. The maximum absolute atomic E-state index is 11.9. The molecule has 1 aromatic heterocycles. The number of rotatable bonds is 4. The molecule has 0 saturated carbocycles. The van der Waals surface area contributed by atoms with Crippen LogP contribution < -0.4 is 5.32 Å². The minimum Gasteiger partial charge on any atom is -0.423 e. The first-order valence-corrected chi connectivity index (χ1v) is 6.66. The summed E-state index contributed by atoms with van der Waals surface area (Å²) in [5.41, 5.74) is 2.05. The standard InChI is InChI=1S/C15H19N3O3/c1-10-5-6-11(14-18-16-9-20-14)7-12(10)17-13(19)8-21-15(2,3)4/h5-7,9H,8H2,1-4H3,(H,17,19). The normalized spacial score (nSPS) is 11.4. The van der Waals surface area contributed by atoms with E-state index in [0.717, 1.165) is 11.1 Å². The second kappa shape index (κ2) is 6.05. The highest BCUT2D eigenvalue weighted by molar-refractivity contribution is 5.93. The van der Waals surface area contributed by atoms with Crippen molar-refractivity contribution >= 4 is 11.6 Å². The molecule has 0 spiro atoms. The molecule has 2 rings (SSSR count). The van der Waals surface area contributed by atoms with Crippen LogP contribution in [0.25, 0.3) is 11.5 Å². The van der Waals surface area contributed by atoms with Gasteiger partial charge < -0.3 is 14.5 Å². The number of anilines is 1. The van der Waals surface area contributed by atoms with Gasteiger partial charge in [0.15, 0.2) is 0 Å². The fourth-order valence-electron chi connectivity index (χ4n) is 1.66. The summed E-state index contributed by atoms with van der Waals surface area (Å²) in [5.74, 6) is 0.215. The number of benzene rings is 1. The molecule has 0 fully saturated rings. The first-order valence-electron chi connectivity index (χ1n) is 6.66. The molecule has 6 nitrogen and oxygen atoms in total. The van der Waals surface area contributed by atoms with E-state index in [4.69, 9.17) is 9.15 Å². The monoisotopic (exact) mass is 289 g/mol. The topological polar surface area (TPSA) is 77.3 Å². The van der Waals surface area contributed by atoms with Crippen LogP contribution in [0, 0.1) is 6.92 Å². The molecule has 1 aromatic carbocycles. The van der Waals surface area contributed by atoms with E-state index in [0.29, 0.717) is 11.6 Å². The Morgan fingerprint density at radius 1 is 1.38 bits per heavy atom. The molecule has 1 heterocycles. The Kier molecular flexibility index (Phi) is 4.37. The zero-order valence-electron chi connectivity index (χ0n) is 12.6. The molecular weight excluding hydrogens is 270 g/mol. The zero-order valence-corrected chi connectivity index (χ0v) is 12.6. The number of nitrogens with zero attached hydrogens (tertiary/aromatic N) is 2. The van der Waals surface area contributed by atoms with Crippen LogP contribution in [-0.4, -0.2) is 28.3 Å². The number of hydrogen-bond acceptors (Lipinski definition) is 5. The highest BCUT2D eigenvalue weighted by Crippen LogP contribution is 2.23. The molecule has 0 aliphatic heterocycles. The molecule has 0 saturated heterocycles. The second-order valence-corrected chi connectivity index (χ2v) is 5.72. The van der Waals surface area contributed by atoms with Crippen molar-refractivity contribution in [2.24, 2.45) is 0 Å². The number of aromatic nitrogens is 2. The zero-order chi connectivity index (χ0) is 15.5. The van der Waals surface area contributed by atoms with Gasteiger partial charge in [0, 0.05) is 11.3 Å². The van der Waals surface area contributed by atoms with Crippen LogP contribution in [0.2, 0.25) is 0 Å². The average molecular weight is 289 g/mol. The smallest absolute Gasteiger partial charge is 0.250 e. The molecule has 0 atom stereocenters. The largest absolute Gasteiger partial charge is 0.423 e. The van der Waals surface area contributed by atoms with Crippen molar-refractivity contribution in [1.29, 1.82) is 0 Å². The van der Waals surface area contributed by atoms with Gasteiger partial charge in [-0.05, 0) is 45.4 Å². The van der Waals surface area contributed by atoms with Gasteiger partial charge in [-0.2, -0.15) is 0 Å². The Hall–Kier alpha value is -2.21. The van der Waals surface area contributed by atoms with Crippen LogP contribution in [0.15, 0.2) is 29.0 Å². The summed E-state index contributed by atoms with van der Waals surface area (Å²) in [6, 6.07) is 5.56. The van der Waals surface area contributed by atoms with Crippen LogP contribution in [-0.2, 0) is 9.53 Å². The maximum atomic E-state index is 11.9. The predicted octanol–water partition coefficient (Wildman–Crippen LogP) is 2.80. The molecule has 0 radical (unpaired) electrons. The lowest BCUT2D eigenvalue weighted by molar-refractivity contribution is -0.125. The van der Waals surface area contributed by atoms with Gasteiger partial charge in [0.05, 0.1) is 5.60 Å². The van der Waals surface area contributed by atoms with E-state index in [1.165, 1.54) is 6.39 Å². The van der Waals surface area contributed by atoms with E-state index in [-0.39, 0.29) is 18.1 Å². The number of aryl methyl sites for hydroxylation is 1. The van der Waals surface area contributed by atoms with Gasteiger partial charge in [0.2, 0.25) is 18.2 Å². The minimum atomic E-state index is -0.349. The van der Waals surface area contributed by atoms with Crippen LogP contribution in [0.3, 0.4) is 0 Å². The van der Waals surface area contributed by atoms with Crippen LogP contribution in [0.1, 0.15) is 26.3 Å². The number of ether oxygens (including phenoxy) is 1. The minimum absolute atomic E-state index is 0.00766. The fourth-order valence-corrected chi connectivity index (χ4v) is 1.66. The van der Waals surface area contributed by atoms with Crippen molar-refractivity contribution in [3.63, 3.8) is 0 Å². The van der Waals surface area contributed by atoms with Crippen LogP contribution in [0.5, 0.6) is 0 Å². The molecule has 1 amide bonds. The Bertz CT molecular complexity index is 616. The van der Waals surface area contributed by atoms with Crippen LogP contribution in [0.4, 0.5) is 5.69 Å². The average Bonchev–Trinajstić information content (AvgIpc) is 2.92. The predicted molar refractivity (Wildman–Crippen MR) is 78.8 cm³/mol. The van der Waals surface area contributed by atoms with E-state index in [1.54, 1.807) is 6.07 Å². The van der Waals surface area contributed by atoms with Crippen molar-refractivity contribution in [2.75, 3.05) is 11.9 Å². The number of amides is 1. The van der Waals surface area contributed by atoms with Crippen LogP contribution >= 0.6 is 0 Å². The Morgan fingerprint density at radius 3 is 2.76 bits per heavy atom. The summed E-state index contributed by atoms with van der Waals surface area (Å²) in [4.78, 5) is 11.9. The van der Waals surface area contributed by atoms with Crippen molar-refractivity contribution in [2.45, 2.75) is 33.3 Å². The summed E-state index contributed by atoms with van der Waals surface area (Å²) in [6.07, 6.45) is 1.27. The van der Waals surface area contributed by atoms with Gasteiger partial charge in [-0.3, -0.25) is 4.79 Å². The Labute approximate surface area is 123 Å². The first-order chi connectivity index (χ1) is 9.85. The third-order valence-electron chi connectivity index (χ3n) is 2.75. The van der Waals surface area contributed by atoms with Crippen molar-refractivity contribution in [1.82, 2.24) is 10.2 Å². The first kappa shape index (κ1) is 15.2. The van der Waals surface area contributed by atoms with Gasteiger partial charge in [0.1, 0.15) is 6.61 Å². The highest BCUT2D eigenvalue weighted by atomic mass is 16.5. The molecule has 0 aliphatic carbocycles. The summed E-state index contributed by atoms with van der Waals surface area (Å²) >= 11 is 0. The lowest BCUT2D eigenvalue weighted by Gasteiger charge is -2.19. The van der Waals surface area contributed by atoms with Gasteiger partial charge in [0.25, 0.3) is 0 Å². The number of carbonyl (C=O) groups excluding carboxylic acids is 1. The summed E-state index contributed by atoms with van der Waals surface area (Å²) in [6.45, 7) is 7.64. The number of hydrogen-bond donors (Lipinski definition) is 1. The van der Waals surface area contributed by atoms with E-state index in [1.807, 2.05) is 39.8 Å². The molecule has 112 valence electrons.